The monoisotopic (exact) mass is 208 g/mol. The zero-order chi connectivity index (χ0) is 11.3. The average molecular weight is 208 g/mol. The molecule has 1 unspecified atom stereocenters. The molecule has 82 valence electrons. The second-order valence-electron chi connectivity index (χ2n) is 3.53. The molecule has 1 rings (SSSR count). The Morgan fingerprint density at radius 1 is 1.40 bits per heavy atom. The van der Waals surface area contributed by atoms with Crippen molar-refractivity contribution < 1.29 is 9.53 Å². The van der Waals surface area contributed by atoms with Gasteiger partial charge in [0.1, 0.15) is 11.9 Å². The van der Waals surface area contributed by atoms with Crippen LogP contribution in [-0.2, 0) is 9.53 Å². The standard InChI is InChI=1S/C11H16N2O2/c1-8(2)15-9(3)11(14)13-10-6-4-5-7-12-10/h4-9H,1-3H3,(H,12,13,14). The van der Waals surface area contributed by atoms with Crippen molar-refractivity contribution in [1.82, 2.24) is 4.98 Å². The van der Waals surface area contributed by atoms with E-state index in [-0.39, 0.29) is 12.0 Å². The first-order valence-electron chi connectivity index (χ1n) is 4.97. The van der Waals surface area contributed by atoms with E-state index in [0.717, 1.165) is 0 Å². The number of hydrogen-bond donors (Lipinski definition) is 1. The molecule has 1 N–H and O–H groups in total. The van der Waals surface area contributed by atoms with Gasteiger partial charge in [0.2, 0.25) is 0 Å². The summed E-state index contributed by atoms with van der Waals surface area (Å²) >= 11 is 0. The maximum Gasteiger partial charge on any atom is 0.254 e. The Morgan fingerprint density at radius 3 is 2.67 bits per heavy atom. The van der Waals surface area contributed by atoms with Crippen LogP contribution in [0.4, 0.5) is 5.82 Å². The first kappa shape index (κ1) is 11.7. The van der Waals surface area contributed by atoms with Gasteiger partial charge in [-0.15, -0.1) is 0 Å². The maximum atomic E-state index is 11.6. The lowest BCUT2D eigenvalue weighted by atomic mass is 10.3. The highest BCUT2D eigenvalue weighted by atomic mass is 16.5. The second-order valence-corrected chi connectivity index (χ2v) is 3.53. The molecule has 1 aromatic heterocycles. The summed E-state index contributed by atoms with van der Waals surface area (Å²) in [5, 5.41) is 2.67. The first-order valence-corrected chi connectivity index (χ1v) is 4.97. The number of rotatable bonds is 4. The minimum Gasteiger partial charge on any atom is -0.366 e. The maximum absolute atomic E-state index is 11.6. The second kappa shape index (κ2) is 5.46. The van der Waals surface area contributed by atoms with Gasteiger partial charge in [0, 0.05) is 6.20 Å². The van der Waals surface area contributed by atoms with E-state index in [1.807, 2.05) is 19.9 Å². The summed E-state index contributed by atoms with van der Waals surface area (Å²) < 4.78 is 5.34. The summed E-state index contributed by atoms with van der Waals surface area (Å²) in [6.07, 6.45) is 1.20. The van der Waals surface area contributed by atoms with Crippen molar-refractivity contribution in [2.24, 2.45) is 0 Å². The lowest BCUT2D eigenvalue weighted by molar-refractivity contribution is -0.128. The normalized spacial score (nSPS) is 12.5. The quantitative estimate of drug-likeness (QED) is 0.821. The zero-order valence-electron chi connectivity index (χ0n) is 9.23. The fraction of sp³-hybridized carbons (Fsp3) is 0.455. The lowest BCUT2D eigenvalue weighted by Crippen LogP contribution is -2.30. The van der Waals surface area contributed by atoms with Crippen LogP contribution in [0.15, 0.2) is 24.4 Å². The largest absolute Gasteiger partial charge is 0.366 e. The molecule has 0 bridgehead atoms. The van der Waals surface area contributed by atoms with Gasteiger partial charge in [-0.05, 0) is 32.9 Å². The Morgan fingerprint density at radius 2 is 2.13 bits per heavy atom. The smallest absolute Gasteiger partial charge is 0.254 e. The molecule has 4 nitrogen and oxygen atoms in total. The van der Waals surface area contributed by atoms with Crippen LogP contribution < -0.4 is 5.32 Å². The summed E-state index contributed by atoms with van der Waals surface area (Å²) in [5.74, 6) is 0.365. The fourth-order valence-electron chi connectivity index (χ4n) is 1.13. The van der Waals surface area contributed by atoms with Crippen LogP contribution in [0, 0.1) is 0 Å². The van der Waals surface area contributed by atoms with Gasteiger partial charge >= 0.3 is 0 Å². The number of hydrogen-bond acceptors (Lipinski definition) is 3. The third-order valence-electron chi connectivity index (χ3n) is 1.76. The van der Waals surface area contributed by atoms with Gasteiger partial charge in [-0.2, -0.15) is 0 Å². The van der Waals surface area contributed by atoms with E-state index in [9.17, 15) is 4.79 Å². The molecule has 0 saturated heterocycles. The molecule has 0 aromatic carbocycles. The molecule has 0 radical (unpaired) electrons. The SMILES string of the molecule is CC(C)OC(C)C(=O)Nc1ccccn1. The van der Waals surface area contributed by atoms with Gasteiger partial charge < -0.3 is 10.1 Å². The molecule has 0 saturated carbocycles. The van der Waals surface area contributed by atoms with Crippen LogP contribution in [0.1, 0.15) is 20.8 Å². The van der Waals surface area contributed by atoms with Crippen molar-refractivity contribution in [3.05, 3.63) is 24.4 Å². The number of anilines is 1. The Bertz CT molecular complexity index is 312. The van der Waals surface area contributed by atoms with Gasteiger partial charge in [-0.1, -0.05) is 6.07 Å². The molecule has 0 spiro atoms. The molecule has 1 heterocycles. The number of nitrogens with zero attached hydrogens (tertiary/aromatic N) is 1. The van der Waals surface area contributed by atoms with E-state index >= 15 is 0 Å². The molecule has 0 aliphatic carbocycles. The molecular weight excluding hydrogens is 192 g/mol. The van der Waals surface area contributed by atoms with Gasteiger partial charge in [0.05, 0.1) is 6.10 Å². The lowest BCUT2D eigenvalue weighted by Gasteiger charge is -2.15. The molecule has 0 aliphatic rings. The van der Waals surface area contributed by atoms with Crippen LogP contribution in [0.2, 0.25) is 0 Å². The molecular formula is C11H16N2O2. The van der Waals surface area contributed by atoms with Gasteiger partial charge in [0.15, 0.2) is 0 Å². The van der Waals surface area contributed by atoms with E-state index in [0.29, 0.717) is 5.82 Å². The Balaban J connectivity index is 2.49. The minimum atomic E-state index is -0.466. The highest BCUT2D eigenvalue weighted by molar-refractivity contribution is 5.92. The highest BCUT2D eigenvalue weighted by Crippen LogP contribution is 2.03. The van der Waals surface area contributed by atoms with Crippen molar-refractivity contribution in [2.75, 3.05) is 5.32 Å². The molecule has 1 aromatic rings. The van der Waals surface area contributed by atoms with Crippen LogP contribution in [0.5, 0.6) is 0 Å². The minimum absolute atomic E-state index is 0.0366. The molecule has 0 fully saturated rings. The number of nitrogens with one attached hydrogen (secondary N) is 1. The molecule has 4 heteroatoms. The average Bonchev–Trinajstić information content (AvgIpc) is 2.18. The number of carbonyl (C=O) groups is 1. The van der Waals surface area contributed by atoms with Crippen LogP contribution in [-0.4, -0.2) is 23.1 Å². The van der Waals surface area contributed by atoms with Crippen molar-refractivity contribution in [3.63, 3.8) is 0 Å². The first-order chi connectivity index (χ1) is 7.09. The number of ether oxygens (including phenoxy) is 1. The van der Waals surface area contributed by atoms with E-state index in [2.05, 4.69) is 10.3 Å². The molecule has 1 amide bonds. The number of carbonyl (C=O) groups excluding carboxylic acids is 1. The Labute approximate surface area is 89.7 Å². The highest BCUT2D eigenvalue weighted by Gasteiger charge is 2.14. The van der Waals surface area contributed by atoms with Crippen molar-refractivity contribution >= 4 is 11.7 Å². The Hall–Kier alpha value is -1.42. The van der Waals surface area contributed by atoms with Crippen molar-refractivity contribution in [1.29, 1.82) is 0 Å². The number of amides is 1. The van der Waals surface area contributed by atoms with E-state index in [4.69, 9.17) is 4.74 Å². The molecule has 1 atom stereocenters. The Kier molecular flexibility index (Phi) is 4.24. The number of aromatic nitrogens is 1. The van der Waals surface area contributed by atoms with E-state index in [1.165, 1.54) is 0 Å². The summed E-state index contributed by atoms with van der Waals surface area (Å²) in [5.41, 5.74) is 0. The summed E-state index contributed by atoms with van der Waals surface area (Å²) in [7, 11) is 0. The fourth-order valence-corrected chi connectivity index (χ4v) is 1.13. The summed E-state index contributed by atoms with van der Waals surface area (Å²) in [6.45, 7) is 5.51. The third kappa shape index (κ3) is 4.08. The van der Waals surface area contributed by atoms with Crippen LogP contribution >= 0.6 is 0 Å². The topological polar surface area (TPSA) is 51.2 Å². The van der Waals surface area contributed by atoms with Crippen LogP contribution in [0.25, 0.3) is 0 Å². The van der Waals surface area contributed by atoms with Gasteiger partial charge in [0.25, 0.3) is 5.91 Å². The predicted molar refractivity (Wildman–Crippen MR) is 58.5 cm³/mol. The van der Waals surface area contributed by atoms with E-state index < -0.39 is 6.10 Å². The zero-order valence-corrected chi connectivity index (χ0v) is 9.23. The third-order valence-corrected chi connectivity index (χ3v) is 1.76. The number of pyridine rings is 1. The van der Waals surface area contributed by atoms with E-state index in [1.54, 1.807) is 25.3 Å². The summed E-state index contributed by atoms with van der Waals surface area (Å²) in [4.78, 5) is 15.6. The van der Waals surface area contributed by atoms with Gasteiger partial charge in [-0.25, -0.2) is 4.98 Å². The van der Waals surface area contributed by atoms with Gasteiger partial charge in [-0.3, -0.25) is 4.79 Å². The summed E-state index contributed by atoms with van der Waals surface area (Å²) in [6, 6.07) is 5.35. The predicted octanol–water partition coefficient (Wildman–Crippen LogP) is 1.83. The van der Waals surface area contributed by atoms with Crippen molar-refractivity contribution in [3.8, 4) is 0 Å². The van der Waals surface area contributed by atoms with Crippen LogP contribution in [0.3, 0.4) is 0 Å². The molecule has 15 heavy (non-hydrogen) atoms. The molecule has 0 aliphatic heterocycles. The van der Waals surface area contributed by atoms with Crippen molar-refractivity contribution in [2.45, 2.75) is 33.0 Å².